The topological polar surface area (TPSA) is 68.9 Å². The van der Waals surface area contributed by atoms with Crippen LogP contribution in [0.1, 0.15) is 17.4 Å². The molecule has 0 aliphatic heterocycles. The molecule has 2 heterocycles. The molecule has 0 unspecified atom stereocenters. The van der Waals surface area contributed by atoms with Gasteiger partial charge in [-0.05, 0) is 23.8 Å². The van der Waals surface area contributed by atoms with Gasteiger partial charge < -0.3 is 14.5 Å². The number of nitrogens with zero attached hydrogens (tertiary/aromatic N) is 3. The molecule has 1 amide bonds. The van der Waals surface area contributed by atoms with Crippen LogP contribution in [0.25, 0.3) is 0 Å². The monoisotopic (exact) mass is 356 g/mol. The Kier molecular flexibility index (Phi) is 5.00. The molecule has 25 heavy (non-hydrogen) atoms. The predicted octanol–water partition coefficient (Wildman–Crippen LogP) is 2.14. The lowest BCUT2D eigenvalue weighted by Crippen LogP contribution is -2.35. The number of halogens is 1. The SMILES string of the molecule is Cn1ccnc1[C@@H](NC(=O)Cn1ccccc1=O)c1ccc(Cl)cc1. The molecule has 0 spiro atoms. The number of hydrogen-bond donors (Lipinski definition) is 1. The van der Waals surface area contributed by atoms with Crippen molar-refractivity contribution in [2.24, 2.45) is 7.05 Å². The fourth-order valence-corrected chi connectivity index (χ4v) is 2.69. The minimum absolute atomic E-state index is 0.0613. The highest BCUT2D eigenvalue weighted by molar-refractivity contribution is 6.30. The molecule has 128 valence electrons. The number of aryl methyl sites for hydroxylation is 1. The van der Waals surface area contributed by atoms with Crippen molar-refractivity contribution in [3.05, 3.63) is 87.8 Å². The number of benzene rings is 1. The van der Waals surface area contributed by atoms with E-state index in [1.54, 1.807) is 36.7 Å². The van der Waals surface area contributed by atoms with Gasteiger partial charge in [-0.1, -0.05) is 29.8 Å². The summed E-state index contributed by atoms with van der Waals surface area (Å²) < 4.78 is 3.20. The van der Waals surface area contributed by atoms with Gasteiger partial charge in [-0.15, -0.1) is 0 Å². The predicted molar refractivity (Wildman–Crippen MR) is 95.3 cm³/mol. The molecule has 2 aromatic heterocycles. The number of imidazole rings is 1. The molecule has 0 bridgehead atoms. The van der Waals surface area contributed by atoms with Gasteiger partial charge in [0.05, 0.1) is 0 Å². The molecular formula is C18H17ClN4O2. The summed E-state index contributed by atoms with van der Waals surface area (Å²) >= 11 is 5.96. The number of amides is 1. The highest BCUT2D eigenvalue weighted by Crippen LogP contribution is 2.22. The lowest BCUT2D eigenvalue weighted by atomic mass is 10.1. The number of hydrogen-bond acceptors (Lipinski definition) is 3. The van der Waals surface area contributed by atoms with Crippen LogP contribution in [0.4, 0.5) is 0 Å². The van der Waals surface area contributed by atoms with E-state index in [1.165, 1.54) is 10.6 Å². The first-order valence-corrected chi connectivity index (χ1v) is 8.10. The third-order valence-corrected chi connectivity index (χ3v) is 4.09. The molecule has 3 rings (SSSR count). The number of carbonyl (C=O) groups excluding carboxylic acids is 1. The molecule has 0 saturated carbocycles. The van der Waals surface area contributed by atoms with E-state index in [1.807, 2.05) is 29.9 Å². The maximum absolute atomic E-state index is 12.5. The van der Waals surface area contributed by atoms with E-state index in [4.69, 9.17) is 11.6 Å². The molecular weight excluding hydrogens is 340 g/mol. The highest BCUT2D eigenvalue weighted by atomic mass is 35.5. The number of carbonyl (C=O) groups is 1. The smallest absolute Gasteiger partial charge is 0.250 e. The van der Waals surface area contributed by atoms with Crippen LogP contribution < -0.4 is 10.9 Å². The van der Waals surface area contributed by atoms with Crippen LogP contribution >= 0.6 is 11.6 Å². The molecule has 1 N–H and O–H groups in total. The summed E-state index contributed by atoms with van der Waals surface area (Å²) in [6, 6.07) is 11.5. The van der Waals surface area contributed by atoms with Crippen LogP contribution in [-0.2, 0) is 18.4 Å². The van der Waals surface area contributed by atoms with Crippen molar-refractivity contribution in [2.45, 2.75) is 12.6 Å². The van der Waals surface area contributed by atoms with Crippen LogP contribution in [0.2, 0.25) is 5.02 Å². The van der Waals surface area contributed by atoms with Crippen LogP contribution in [-0.4, -0.2) is 20.0 Å². The molecule has 0 radical (unpaired) electrons. The van der Waals surface area contributed by atoms with E-state index >= 15 is 0 Å². The third-order valence-electron chi connectivity index (χ3n) is 3.84. The second-order valence-corrected chi connectivity index (χ2v) is 6.05. The molecule has 6 nitrogen and oxygen atoms in total. The Hall–Kier alpha value is -2.86. The van der Waals surface area contributed by atoms with Crippen LogP contribution in [0, 0.1) is 0 Å². The molecule has 3 aromatic rings. The van der Waals surface area contributed by atoms with Crippen LogP contribution in [0.5, 0.6) is 0 Å². The Bertz CT molecular complexity index is 931. The first-order valence-electron chi connectivity index (χ1n) is 7.72. The van der Waals surface area contributed by atoms with E-state index in [0.717, 1.165) is 5.56 Å². The Morgan fingerprint density at radius 1 is 1.20 bits per heavy atom. The third kappa shape index (κ3) is 3.97. The van der Waals surface area contributed by atoms with Gasteiger partial charge >= 0.3 is 0 Å². The fourth-order valence-electron chi connectivity index (χ4n) is 2.56. The Labute approximate surface area is 149 Å². The normalized spacial score (nSPS) is 11.9. The molecule has 0 saturated heterocycles. The second kappa shape index (κ2) is 7.36. The zero-order chi connectivity index (χ0) is 17.8. The molecule has 1 atom stereocenters. The van der Waals surface area contributed by atoms with Gasteiger partial charge in [0.25, 0.3) is 5.56 Å². The van der Waals surface area contributed by atoms with Crippen molar-refractivity contribution in [3.8, 4) is 0 Å². The average Bonchev–Trinajstić information content (AvgIpc) is 3.01. The van der Waals surface area contributed by atoms with Crippen LogP contribution in [0.15, 0.2) is 65.8 Å². The summed E-state index contributed by atoms with van der Waals surface area (Å²) in [6.45, 7) is -0.0613. The number of nitrogens with one attached hydrogen (secondary N) is 1. The summed E-state index contributed by atoms with van der Waals surface area (Å²) in [5.41, 5.74) is 0.630. The van der Waals surface area contributed by atoms with E-state index in [0.29, 0.717) is 10.8 Å². The fraction of sp³-hybridized carbons (Fsp3) is 0.167. The number of rotatable bonds is 5. The Balaban J connectivity index is 1.86. The van der Waals surface area contributed by atoms with Gasteiger partial charge in [-0.3, -0.25) is 9.59 Å². The molecule has 0 aliphatic rings. The average molecular weight is 357 g/mol. The highest BCUT2D eigenvalue weighted by Gasteiger charge is 2.21. The van der Waals surface area contributed by atoms with Crippen molar-refractivity contribution in [1.82, 2.24) is 19.4 Å². The van der Waals surface area contributed by atoms with Gasteiger partial charge in [0.1, 0.15) is 18.4 Å². The number of aromatic nitrogens is 3. The molecule has 7 heteroatoms. The van der Waals surface area contributed by atoms with E-state index in [2.05, 4.69) is 10.3 Å². The minimum atomic E-state index is -0.441. The van der Waals surface area contributed by atoms with Crippen molar-refractivity contribution >= 4 is 17.5 Å². The number of pyridine rings is 1. The largest absolute Gasteiger partial charge is 0.341 e. The summed E-state index contributed by atoms with van der Waals surface area (Å²) in [5.74, 6) is 0.410. The second-order valence-electron chi connectivity index (χ2n) is 5.62. The van der Waals surface area contributed by atoms with E-state index < -0.39 is 6.04 Å². The molecule has 0 aliphatic carbocycles. The van der Waals surface area contributed by atoms with E-state index in [-0.39, 0.29) is 18.0 Å². The minimum Gasteiger partial charge on any atom is -0.341 e. The summed E-state index contributed by atoms with van der Waals surface area (Å²) in [6.07, 6.45) is 5.07. The Morgan fingerprint density at radius 3 is 2.60 bits per heavy atom. The molecule has 1 aromatic carbocycles. The lowest BCUT2D eigenvalue weighted by Gasteiger charge is -2.19. The summed E-state index contributed by atoms with van der Waals surface area (Å²) in [4.78, 5) is 28.6. The summed E-state index contributed by atoms with van der Waals surface area (Å²) in [5, 5.41) is 3.56. The van der Waals surface area contributed by atoms with Gasteiger partial charge in [0, 0.05) is 36.7 Å². The zero-order valence-corrected chi connectivity index (χ0v) is 14.3. The van der Waals surface area contributed by atoms with Gasteiger partial charge in [-0.2, -0.15) is 0 Å². The standard InChI is InChI=1S/C18H17ClN4O2/c1-22-11-9-20-18(22)17(13-5-7-14(19)8-6-13)21-15(24)12-23-10-3-2-4-16(23)25/h2-11,17H,12H2,1H3,(H,21,24)/t17-/m0/s1. The van der Waals surface area contributed by atoms with Crippen molar-refractivity contribution in [2.75, 3.05) is 0 Å². The van der Waals surface area contributed by atoms with Gasteiger partial charge in [-0.25, -0.2) is 4.98 Å². The Morgan fingerprint density at radius 2 is 1.96 bits per heavy atom. The lowest BCUT2D eigenvalue weighted by molar-refractivity contribution is -0.122. The first-order chi connectivity index (χ1) is 12.0. The zero-order valence-electron chi connectivity index (χ0n) is 13.6. The molecule has 0 fully saturated rings. The maximum atomic E-state index is 12.5. The van der Waals surface area contributed by atoms with E-state index in [9.17, 15) is 9.59 Å². The quantitative estimate of drug-likeness (QED) is 0.761. The van der Waals surface area contributed by atoms with Crippen molar-refractivity contribution in [1.29, 1.82) is 0 Å². The summed E-state index contributed by atoms with van der Waals surface area (Å²) in [7, 11) is 1.86. The van der Waals surface area contributed by atoms with Gasteiger partial charge in [0.15, 0.2) is 0 Å². The van der Waals surface area contributed by atoms with Gasteiger partial charge in [0.2, 0.25) is 5.91 Å². The maximum Gasteiger partial charge on any atom is 0.250 e. The van der Waals surface area contributed by atoms with Crippen LogP contribution in [0.3, 0.4) is 0 Å². The van der Waals surface area contributed by atoms with Crippen molar-refractivity contribution < 1.29 is 4.79 Å². The van der Waals surface area contributed by atoms with Crippen molar-refractivity contribution in [3.63, 3.8) is 0 Å². The first kappa shape index (κ1) is 17.0.